The van der Waals surface area contributed by atoms with Gasteiger partial charge in [0.1, 0.15) is 21.8 Å². The van der Waals surface area contributed by atoms with E-state index in [2.05, 4.69) is 41.2 Å². The molecule has 0 saturated heterocycles. The summed E-state index contributed by atoms with van der Waals surface area (Å²) in [5.41, 5.74) is 2.45. The molecule has 2 rings (SSSR count). The second-order valence-electron chi connectivity index (χ2n) is 7.77. The highest BCUT2D eigenvalue weighted by Gasteiger charge is 2.49. The molecular weight excluding hydrogens is 444 g/mol. The fraction of sp³-hybridized carbons (Fsp3) is 0.542. The highest BCUT2D eigenvalue weighted by molar-refractivity contribution is 9.10. The number of nitrogens with one attached hydrogen (secondary N) is 1. The summed E-state index contributed by atoms with van der Waals surface area (Å²) in [5, 5.41) is 12.2. The zero-order valence-corrected chi connectivity index (χ0v) is 20.1. The number of rotatable bonds is 8. The Bertz CT molecular complexity index is 867. The van der Waals surface area contributed by atoms with E-state index >= 15 is 0 Å². The summed E-state index contributed by atoms with van der Waals surface area (Å²) in [5.74, 6) is -0.319. The lowest BCUT2D eigenvalue weighted by Crippen LogP contribution is -2.50. The molecule has 1 amide bonds. The molecule has 1 unspecified atom stereocenters. The molecule has 162 valence electrons. The molecule has 0 aliphatic carbocycles. The van der Waals surface area contributed by atoms with Gasteiger partial charge in [-0.15, -0.1) is 0 Å². The van der Waals surface area contributed by atoms with Crippen LogP contribution in [0.5, 0.6) is 0 Å². The van der Waals surface area contributed by atoms with Crippen LogP contribution in [-0.2, 0) is 27.2 Å². The van der Waals surface area contributed by atoms with Gasteiger partial charge in [-0.1, -0.05) is 56.5 Å². The second-order valence-corrected chi connectivity index (χ2v) is 8.68. The van der Waals surface area contributed by atoms with E-state index in [-0.39, 0.29) is 11.4 Å². The maximum Gasteiger partial charge on any atom is 0.262 e. The molecule has 1 aromatic rings. The average molecular weight is 475 g/mol. The number of ether oxygens (including phenoxy) is 1. The number of benzene rings is 1. The van der Waals surface area contributed by atoms with E-state index in [1.807, 2.05) is 13.8 Å². The van der Waals surface area contributed by atoms with Crippen molar-refractivity contribution in [3.05, 3.63) is 40.2 Å². The number of hydrogen-bond donors (Lipinski definition) is 1. The number of amides is 1. The Morgan fingerprint density at radius 1 is 1.17 bits per heavy atom. The number of anilines is 1. The van der Waals surface area contributed by atoms with E-state index in [9.17, 15) is 14.9 Å². The molecule has 30 heavy (non-hydrogen) atoms. The molecule has 0 aromatic heterocycles. The number of aryl methyl sites for hydroxylation is 2. The van der Waals surface area contributed by atoms with Gasteiger partial charge in [-0.2, -0.15) is 5.26 Å². The van der Waals surface area contributed by atoms with Crippen molar-refractivity contribution in [1.29, 1.82) is 5.26 Å². The number of carbonyl (C=O) groups excluding carboxylic acids is 2. The van der Waals surface area contributed by atoms with Gasteiger partial charge in [-0.3, -0.25) is 9.59 Å². The fourth-order valence-corrected chi connectivity index (χ4v) is 5.05. The van der Waals surface area contributed by atoms with Crippen molar-refractivity contribution in [2.75, 3.05) is 5.32 Å². The molecule has 0 saturated carbocycles. The number of nitriles is 1. The first-order valence-corrected chi connectivity index (χ1v) is 11.6. The van der Waals surface area contributed by atoms with Crippen molar-refractivity contribution >= 4 is 33.3 Å². The van der Waals surface area contributed by atoms with Crippen LogP contribution < -0.4 is 5.32 Å². The molecular formula is C24H31BrN2O3. The number of hydrogen-bond acceptors (Lipinski definition) is 4. The van der Waals surface area contributed by atoms with Crippen molar-refractivity contribution in [1.82, 2.24) is 0 Å². The van der Waals surface area contributed by atoms with Gasteiger partial charge >= 0.3 is 0 Å². The molecule has 1 atom stereocenters. The monoisotopic (exact) mass is 474 g/mol. The molecule has 1 aliphatic rings. The molecule has 1 N–H and O–H groups in total. The average Bonchev–Trinajstić information content (AvgIpc) is 2.72. The summed E-state index contributed by atoms with van der Waals surface area (Å²) in [6.45, 7) is 9.78. The van der Waals surface area contributed by atoms with Crippen LogP contribution in [0.3, 0.4) is 0 Å². The van der Waals surface area contributed by atoms with Crippen LogP contribution in [0.25, 0.3) is 0 Å². The Hall–Kier alpha value is -2.13. The Morgan fingerprint density at radius 3 is 2.13 bits per heavy atom. The van der Waals surface area contributed by atoms with Crippen molar-refractivity contribution in [2.45, 2.75) is 83.6 Å². The Balaban J connectivity index is 2.45. The van der Waals surface area contributed by atoms with Crippen LogP contribution >= 0.6 is 15.9 Å². The summed E-state index contributed by atoms with van der Waals surface area (Å²) < 4.78 is 6.27. The Kier molecular flexibility index (Phi) is 8.25. The van der Waals surface area contributed by atoms with Crippen LogP contribution in [0.15, 0.2) is 23.5 Å². The fourth-order valence-electron chi connectivity index (χ4n) is 4.27. The highest BCUT2D eigenvalue weighted by atomic mass is 79.9. The maximum atomic E-state index is 13.3. The van der Waals surface area contributed by atoms with E-state index in [4.69, 9.17) is 4.74 Å². The van der Waals surface area contributed by atoms with E-state index in [0.717, 1.165) is 36.8 Å². The van der Waals surface area contributed by atoms with Gasteiger partial charge in [0.25, 0.3) is 5.91 Å². The number of Topliss-reactive ketones (excluding diaryl/α,β-unsaturated/α-hetero) is 1. The van der Waals surface area contributed by atoms with Crippen molar-refractivity contribution in [3.8, 4) is 6.07 Å². The van der Waals surface area contributed by atoms with Gasteiger partial charge in [-0.05, 0) is 55.9 Å². The van der Waals surface area contributed by atoms with Crippen molar-refractivity contribution in [2.24, 2.45) is 0 Å². The van der Waals surface area contributed by atoms with Crippen LogP contribution in [-0.4, -0.2) is 22.1 Å². The predicted molar refractivity (Wildman–Crippen MR) is 123 cm³/mol. The van der Waals surface area contributed by atoms with Crippen LogP contribution in [0, 0.1) is 11.3 Å². The standard InChI is InChI=1S/C24H31BrN2O3/c1-6-10-24(11-7-2)22(25)21(28)19(15(5)30-24)23(29)27-20-17(8-3)12-16(14-26)13-18(20)9-4/h12-13,22H,6-11H2,1-5H3,(H,27,29). The molecule has 0 spiro atoms. The normalized spacial score (nSPS) is 18.0. The largest absolute Gasteiger partial charge is 0.489 e. The minimum atomic E-state index is -0.619. The first-order chi connectivity index (χ1) is 14.3. The highest BCUT2D eigenvalue weighted by Crippen LogP contribution is 2.41. The van der Waals surface area contributed by atoms with Crippen LogP contribution in [0.1, 0.15) is 77.0 Å². The molecule has 6 heteroatoms. The summed E-state index contributed by atoms with van der Waals surface area (Å²) in [4.78, 5) is 25.9. The summed E-state index contributed by atoms with van der Waals surface area (Å²) in [7, 11) is 0. The lowest BCUT2D eigenvalue weighted by molar-refractivity contribution is -0.128. The number of ketones is 1. The third-order valence-corrected chi connectivity index (χ3v) is 6.90. The third kappa shape index (κ3) is 4.62. The molecule has 1 aromatic carbocycles. The first-order valence-electron chi connectivity index (χ1n) is 10.7. The quantitative estimate of drug-likeness (QED) is 0.392. The summed E-state index contributed by atoms with van der Waals surface area (Å²) in [6, 6.07) is 5.75. The topological polar surface area (TPSA) is 79.2 Å². The SMILES string of the molecule is CCCC1(CCC)OC(C)=C(C(=O)Nc2c(CC)cc(C#N)cc2CC)C(=O)C1Br. The number of halogens is 1. The molecule has 0 bridgehead atoms. The second kappa shape index (κ2) is 10.3. The van der Waals surface area contributed by atoms with Gasteiger partial charge < -0.3 is 10.1 Å². The molecule has 5 nitrogen and oxygen atoms in total. The van der Waals surface area contributed by atoms with Crippen molar-refractivity contribution in [3.63, 3.8) is 0 Å². The van der Waals surface area contributed by atoms with Gasteiger partial charge in [0.2, 0.25) is 0 Å². The first kappa shape index (κ1) is 24.1. The van der Waals surface area contributed by atoms with Gasteiger partial charge in [0.05, 0.1) is 11.6 Å². The predicted octanol–water partition coefficient (Wildman–Crippen LogP) is 5.60. The van der Waals surface area contributed by atoms with Gasteiger partial charge in [0, 0.05) is 5.69 Å². The zero-order valence-electron chi connectivity index (χ0n) is 18.5. The minimum absolute atomic E-state index is 0.0631. The van der Waals surface area contributed by atoms with Gasteiger partial charge in [0.15, 0.2) is 5.78 Å². The molecule has 0 fully saturated rings. The minimum Gasteiger partial charge on any atom is -0.489 e. The number of nitrogens with zero attached hydrogens (tertiary/aromatic N) is 1. The zero-order chi connectivity index (χ0) is 22.5. The van der Waals surface area contributed by atoms with Crippen LogP contribution in [0.4, 0.5) is 5.69 Å². The summed E-state index contributed by atoms with van der Waals surface area (Å²) in [6.07, 6.45) is 4.58. The Labute approximate surface area is 188 Å². The maximum absolute atomic E-state index is 13.3. The number of carbonyl (C=O) groups is 2. The molecule has 1 aliphatic heterocycles. The van der Waals surface area contributed by atoms with E-state index in [1.54, 1.807) is 19.1 Å². The molecule has 1 heterocycles. The van der Waals surface area contributed by atoms with E-state index < -0.39 is 16.3 Å². The lowest BCUT2D eigenvalue weighted by atomic mass is 9.83. The third-order valence-electron chi connectivity index (χ3n) is 5.65. The lowest BCUT2D eigenvalue weighted by Gasteiger charge is -2.41. The van der Waals surface area contributed by atoms with E-state index in [0.29, 0.717) is 29.9 Å². The molecule has 0 radical (unpaired) electrons. The van der Waals surface area contributed by atoms with Crippen LogP contribution in [0.2, 0.25) is 0 Å². The smallest absolute Gasteiger partial charge is 0.262 e. The summed E-state index contributed by atoms with van der Waals surface area (Å²) >= 11 is 3.55. The Morgan fingerprint density at radius 2 is 1.70 bits per heavy atom. The van der Waals surface area contributed by atoms with Gasteiger partial charge in [-0.25, -0.2) is 0 Å². The number of allylic oxidation sites excluding steroid dienone is 1. The van der Waals surface area contributed by atoms with Crippen molar-refractivity contribution < 1.29 is 14.3 Å². The van der Waals surface area contributed by atoms with E-state index in [1.165, 1.54) is 0 Å². The number of alkyl halides is 1.